The maximum atomic E-state index is 2.44. The molecule has 0 aliphatic rings. The van der Waals surface area contributed by atoms with Gasteiger partial charge in [-0.1, -0.05) is 18.2 Å². The van der Waals surface area contributed by atoms with Crippen LogP contribution < -0.4 is 9.80 Å². The quantitative estimate of drug-likeness (QED) is 0.149. The molecule has 3 nitrogen and oxygen atoms in total. The molecule has 0 bridgehead atoms. The molecule has 0 spiro atoms. The van der Waals surface area contributed by atoms with Crippen LogP contribution >= 0.6 is 0 Å². The van der Waals surface area contributed by atoms with Crippen LogP contribution in [0.3, 0.4) is 0 Å². The van der Waals surface area contributed by atoms with Gasteiger partial charge in [-0.05, 0) is 0 Å². The van der Waals surface area contributed by atoms with Crippen LogP contribution in [0.1, 0.15) is 0 Å². The first-order valence-corrected chi connectivity index (χ1v) is 20.7. The third kappa shape index (κ3) is 5.42. The first-order valence-electron chi connectivity index (χ1n) is 19.0. The Kier molecular flexibility index (Phi) is 7.84. The first kappa shape index (κ1) is 32.6. The van der Waals surface area contributed by atoms with Crippen LogP contribution in [0.15, 0.2) is 212 Å². The molecular formula is C52H35N3Se. The zero-order valence-corrected chi connectivity index (χ0v) is 32.2. The van der Waals surface area contributed by atoms with Crippen LogP contribution in [0, 0.1) is 0 Å². The van der Waals surface area contributed by atoms with Gasteiger partial charge in [0.15, 0.2) is 0 Å². The van der Waals surface area contributed by atoms with Crippen molar-refractivity contribution in [3.63, 3.8) is 0 Å². The summed E-state index contributed by atoms with van der Waals surface area (Å²) in [4.78, 5) is 4.78. The number of benzene rings is 9. The van der Waals surface area contributed by atoms with E-state index in [9.17, 15) is 0 Å². The number of nitrogens with zero attached hydrogens (tertiary/aromatic N) is 3. The topological polar surface area (TPSA) is 11.4 Å². The molecule has 0 unspecified atom stereocenters. The molecule has 0 aliphatic heterocycles. The van der Waals surface area contributed by atoms with Gasteiger partial charge in [-0.25, -0.2) is 0 Å². The number of aromatic nitrogens is 1. The molecule has 0 amide bonds. The molecule has 4 heteroatoms. The van der Waals surface area contributed by atoms with Crippen molar-refractivity contribution in [1.82, 2.24) is 4.57 Å². The zero-order chi connectivity index (χ0) is 37.0. The predicted molar refractivity (Wildman–Crippen MR) is 240 cm³/mol. The summed E-state index contributed by atoms with van der Waals surface area (Å²) in [5.41, 5.74) is 10.1. The van der Waals surface area contributed by atoms with E-state index in [2.05, 4.69) is 227 Å². The van der Waals surface area contributed by atoms with Crippen LogP contribution in [0.25, 0.3) is 57.6 Å². The Morgan fingerprint density at radius 3 is 1.59 bits per heavy atom. The first-order chi connectivity index (χ1) is 27.8. The molecule has 0 atom stereocenters. The Morgan fingerprint density at radius 2 is 0.839 bits per heavy atom. The van der Waals surface area contributed by atoms with Gasteiger partial charge in [0, 0.05) is 0 Å². The number of hydrogen-bond acceptors (Lipinski definition) is 2. The van der Waals surface area contributed by atoms with Gasteiger partial charge in [0.2, 0.25) is 0 Å². The van der Waals surface area contributed by atoms with E-state index in [1.807, 2.05) is 0 Å². The fourth-order valence-electron chi connectivity index (χ4n) is 8.40. The molecule has 2 heterocycles. The molecule has 0 fully saturated rings. The minimum absolute atomic E-state index is 0.232. The van der Waals surface area contributed by atoms with Gasteiger partial charge >= 0.3 is 315 Å². The van der Waals surface area contributed by atoms with Crippen molar-refractivity contribution in [3.05, 3.63) is 212 Å². The molecule has 0 radical (unpaired) electrons. The van der Waals surface area contributed by atoms with Crippen LogP contribution in [0.2, 0.25) is 0 Å². The van der Waals surface area contributed by atoms with Crippen LogP contribution in [-0.2, 0) is 0 Å². The number of rotatable bonds is 7. The summed E-state index contributed by atoms with van der Waals surface area (Å²) in [6.07, 6.45) is 0. The average Bonchev–Trinajstić information content (AvgIpc) is 3.81. The van der Waals surface area contributed by atoms with Gasteiger partial charge in [0.25, 0.3) is 0 Å². The zero-order valence-electron chi connectivity index (χ0n) is 30.5. The van der Waals surface area contributed by atoms with Gasteiger partial charge in [0.05, 0.1) is 0 Å². The van der Waals surface area contributed by atoms with E-state index in [4.69, 9.17) is 0 Å². The molecule has 0 saturated carbocycles. The van der Waals surface area contributed by atoms with Gasteiger partial charge in [0.1, 0.15) is 0 Å². The van der Waals surface area contributed by atoms with Gasteiger partial charge in [-0.15, -0.1) is 0 Å². The van der Waals surface area contributed by atoms with E-state index in [-0.39, 0.29) is 14.5 Å². The van der Waals surface area contributed by atoms with E-state index in [0.717, 1.165) is 39.8 Å². The second-order valence-corrected chi connectivity index (χ2v) is 16.4. The van der Waals surface area contributed by atoms with Crippen molar-refractivity contribution in [1.29, 1.82) is 0 Å². The monoisotopic (exact) mass is 781 g/mol. The predicted octanol–water partition coefficient (Wildman–Crippen LogP) is 14.2. The van der Waals surface area contributed by atoms with Gasteiger partial charge in [-0.2, -0.15) is 0 Å². The third-order valence-corrected chi connectivity index (χ3v) is 13.5. The SMILES string of the molecule is c1ccc(N(c2ccccc2)c2cccc(N(c3ccc4ccc5c6ccccc6[se]c5c4c3)c3ccc4c5ccccc5n(-c5ccccc5)c4c3)c2)cc1. The Bertz CT molecular complexity index is 3160. The molecule has 11 aromatic rings. The fraction of sp³-hybridized carbons (Fsp3) is 0. The van der Waals surface area contributed by atoms with E-state index in [0.29, 0.717) is 0 Å². The standard InChI is InChI=1S/C52H35N3Se/c1-4-15-37(16-5-1)53(38-17-6-2-7-18-38)40-21-14-22-41(33-40)54(42-29-27-36-28-31-47-46-24-11-13-26-51(46)56-52(47)48(36)34-42)43-30-32-45-44-23-10-12-25-49(44)55(50(45)35-43)39-19-8-3-9-20-39/h1-35H. The van der Waals surface area contributed by atoms with Crippen LogP contribution in [0.4, 0.5) is 34.1 Å². The molecule has 264 valence electrons. The van der Waals surface area contributed by atoms with Crippen molar-refractivity contribution in [2.24, 2.45) is 0 Å². The van der Waals surface area contributed by atoms with Crippen molar-refractivity contribution in [2.45, 2.75) is 0 Å². The summed E-state index contributed by atoms with van der Waals surface area (Å²) < 4.78 is 5.33. The summed E-state index contributed by atoms with van der Waals surface area (Å²) in [7, 11) is 0. The summed E-state index contributed by atoms with van der Waals surface area (Å²) in [6.45, 7) is 0. The molecule has 11 rings (SSSR count). The Morgan fingerprint density at radius 1 is 0.321 bits per heavy atom. The molecule has 9 aromatic carbocycles. The van der Waals surface area contributed by atoms with E-state index >= 15 is 0 Å². The van der Waals surface area contributed by atoms with Crippen molar-refractivity contribution in [2.75, 3.05) is 9.80 Å². The second kappa shape index (κ2) is 13.5. The number of fused-ring (bicyclic) bond motifs is 8. The number of para-hydroxylation sites is 4. The summed E-state index contributed by atoms with van der Waals surface area (Å²) in [5, 5.41) is 7.82. The summed E-state index contributed by atoms with van der Waals surface area (Å²) in [5.74, 6) is 0. The van der Waals surface area contributed by atoms with Crippen molar-refractivity contribution >= 4 is 100 Å². The molecule has 0 N–H and O–H groups in total. The van der Waals surface area contributed by atoms with E-state index in [1.54, 1.807) is 0 Å². The van der Waals surface area contributed by atoms with E-state index < -0.39 is 0 Å². The number of hydrogen-bond donors (Lipinski definition) is 0. The maximum absolute atomic E-state index is 2.44. The van der Waals surface area contributed by atoms with Gasteiger partial charge < -0.3 is 0 Å². The average molecular weight is 781 g/mol. The van der Waals surface area contributed by atoms with Crippen molar-refractivity contribution in [3.8, 4) is 5.69 Å². The van der Waals surface area contributed by atoms with Crippen molar-refractivity contribution < 1.29 is 0 Å². The third-order valence-electron chi connectivity index (χ3n) is 10.9. The van der Waals surface area contributed by atoms with Gasteiger partial charge in [-0.3, -0.25) is 0 Å². The fourth-order valence-corrected chi connectivity index (χ4v) is 11.0. The van der Waals surface area contributed by atoms with E-state index in [1.165, 1.54) is 51.9 Å². The Labute approximate surface area is 331 Å². The molecule has 0 saturated heterocycles. The molecule has 0 aliphatic carbocycles. The van der Waals surface area contributed by atoms with Crippen LogP contribution in [-0.4, -0.2) is 19.1 Å². The van der Waals surface area contributed by atoms with Crippen LogP contribution in [0.5, 0.6) is 0 Å². The molecule has 56 heavy (non-hydrogen) atoms. The normalized spacial score (nSPS) is 11.6. The second-order valence-electron chi connectivity index (χ2n) is 14.2. The summed E-state index contributed by atoms with van der Waals surface area (Å²) >= 11 is 0.232. The Balaban J connectivity index is 1.17. The Hall–Kier alpha value is -6.84. The number of anilines is 6. The summed E-state index contributed by atoms with van der Waals surface area (Å²) in [6, 6.07) is 77.3. The minimum atomic E-state index is 0.232. The molecular weight excluding hydrogens is 746 g/mol. The molecule has 2 aromatic heterocycles.